The van der Waals surface area contributed by atoms with Gasteiger partial charge >= 0.3 is 12.1 Å². The van der Waals surface area contributed by atoms with Gasteiger partial charge in [-0.3, -0.25) is 4.79 Å². The molecular formula is C19H18F3NO4. The summed E-state index contributed by atoms with van der Waals surface area (Å²) < 4.78 is 42.4. The molecular weight excluding hydrogens is 363 g/mol. The van der Waals surface area contributed by atoms with Crippen LogP contribution in [0.15, 0.2) is 48.5 Å². The summed E-state index contributed by atoms with van der Waals surface area (Å²) in [6.45, 7) is -0.362. The Labute approximate surface area is 153 Å². The van der Waals surface area contributed by atoms with Crippen LogP contribution in [0.5, 0.6) is 5.75 Å². The van der Waals surface area contributed by atoms with Gasteiger partial charge in [0.25, 0.3) is 5.91 Å². The molecule has 0 saturated carbocycles. The monoisotopic (exact) mass is 381 g/mol. The van der Waals surface area contributed by atoms with Crippen LogP contribution >= 0.6 is 0 Å². The topological polar surface area (TPSA) is 75.6 Å². The third kappa shape index (κ3) is 7.01. The van der Waals surface area contributed by atoms with E-state index in [2.05, 4.69) is 5.32 Å². The van der Waals surface area contributed by atoms with E-state index in [1.54, 1.807) is 36.4 Å². The lowest BCUT2D eigenvalue weighted by molar-refractivity contribution is -0.139. The first-order valence-corrected chi connectivity index (χ1v) is 8.11. The SMILES string of the molecule is O=C(O)COc1cccc(CNC(=O)c2ccccc2CCC(F)(F)F)c1. The number of carbonyl (C=O) groups excluding carboxylic acids is 1. The second-order valence-corrected chi connectivity index (χ2v) is 5.78. The number of benzene rings is 2. The second kappa shape index (κ2) is 9.07. The van der Waals surface area contributed by atoms with Crippen LogP contribution in [-0.2, 0) is 17.8 Å². The number of hydrogen-bond acceptors (Lipinski definition) is 3. The first kappa shape index (κ1) is 20.3. The summed E-state index contributed by atoms with van der Waals surface area (Å²) in [4.78, 5) is 22.9. The first-order chi connectivity index (χ1) is 12.7. The van der Waals surface area contributed by atoms with Crippen molar-refractivity contribution in [3.8, 4) is 5.75 Å². The highest BCUT2D eigenvalue weighted by Crippen LogP contribution is 2.23. The van der Waals surface area contributed by atoms with Crippen molar-refractivity contribution in [1.29, 1.82) is 0 Å². The molecule has 0 fully saturated rings. The highest BCUT2D eigenvalue weighted by atomic mass is 19.4. The van der Waals surface area contributed by atoms with Gasteiger partial charge in [-0.25, -0.2) is 4.79 Å². The van der Waals surface area contributed by atoms with Gasteiger partial charge in [0.05, 0.1) is 0 Å². The van der Waals surface area contributed by atoms with Crippen LogP contribution in [-0.4, -0.2) is 29.8 Å². The first-order valence-electron chi connectivity index (χ1n) is 8.11. The summed E-state index contributed by atoms with van der Waals surface area (Å²) >= 11 is 0. The number of carboxylic acids is 1. The molecule has 0 unspecified atom stereocenters. The van der Waals surface area contributed by atoms with Crippen LogP contribution in [0.25, 0.3) is 0 Å². The van der Waals surface area contributed by atoms with E-state index < -0.39 is 31.1 Å². The third-order valence-corrected chi connectivity index (χ3v) is 3.65. The number of carboxylic acid groups (broad SMARTS) is 1. The predicted molar refractivity (Wildman–Crippen MR) is 91.6 cm³/mol. The normalized spacial score (nSPS) is 11.1. The summed E-state index contributed by atoms with van der Waals surface area (Å²) in [5.74, 6) is -1.25. The Hall–Kier alpha value is -3.03. The van der Waals surface area contributed by atoms with Gasteiger partial charge in [0.1, 0.15) is 5.75 Å². The minimum Gasteiger partial charge on any atom is -0.482 e. The number of amides is 1. The summed E-state index contributed by atoms with van der Waals surface area (Å²) in [5.41, 5.74) is 1.19. The van der Waals surface area contributed by atoms with Crippen LogP contribution < -0.4 is 10.1 Å². The summed E-state index contributed by atoms with van der Waals surface area (Å²) in [6.07, 6.45) is -5.56. The highest BCUT2D eigenvalue weighted by Gasteiger charge is 2.27. The molecule has 0 heterocycles. The summed E-state index contributed by atoms with van der Waals surface area (Å²) in [7, 11) is 0. The standard InChI is InChI=1S/C19H18F3NO4/c20-19(21,22)9-8-14-5-1-2-7-16(14)18(26)23-11-13-4-3-6-15(10-13)27-12-17(24)25/h1-7,10H,8-9,11-12H2,(H,23,26)(H,24,25). The Kier molecular flexibility index (Phi) is 6.81. The van der Waals surface area contributed by atoms with E-state index >= 15 is 0 Å². The van der Waals surface area contributed by atoms with Crippen molar-refractivity contribution < 1.29 is 32.6 Å². The fraction of sp³-hybridized carbons (Fsp3) is 0.263. The van der Waals surface area contributed by atoms with Crippen LogP contribution in [0.4, 0.5) is 13.2 Å². The lowest BCUT2D eigenvalue weighted by Gasteiger charge is -2.12. The zero-order valence-corrected chi connectivity index (χ0v) is 14.3. The van der Waals surface area contributed by atoms with Gasteiger partial charge in [0.2, 0.25) is 0 Å². The van der Waals surface area contributed by atoms with Crippen molar-refractivity contribution >= 4 is 11.9 Å². The average molecular weight is 381 g/mol. The maximum Gasteiger partial charge on any atom is 0.389 e. The molecule has 27 heavy (non-hydrogen) atoms. The van der Waals surface area contributed by atoms with Gasteiger partial charge in [-0.15, -0.1) is 0 Å². The van der Waals surface area contributed by atoms with Gasteiger partial charge in [-0.2, -0.15) is 13.2 Å². The molecule has 2 N–H and O–H groups in total. The van der Waals surface area contributed by atoms with Crippen LogP contribution in [0.3, 0.4) is 0 Å². The van der Waals surface area contributed by atoms with E-state index in [9.17, 15) is 22.8 Å². The Morgan fingerprint density at radius 2 is 1.81 bits per heavy atom. The molecule has 2 aromatic rings. The van der Waals surface area contributed by atoms with Crippen LogP contribution in [0, 0.1) is 0 Å². The number of rotatable bonds is 8. The zero-order valence-electron chi connectivity index (χ0n) is 14.3. The van der Waals surface area contributed by atoms with Crippen molar-refractivity contribution in [2.75, 3.05) is 6.61 Å². The van der Waals surface area contributed by atoms with Gasteiger partial charge in [0, 0.05) is 18.5 Å². The molecule has 8 heteroatoms. The summed E-state index contributed by atoms with van der Waals surface area (Å²) in [5, 5.41) is 11.3. The maximum atomic E-state index is 12.4. The van der Waals surface area contributed by atoms with E-state index in [4.69, 9.17) is 9.84 Å². The number of carbonyl (C=O) groups is 2. The maximum absolute atomic E-state index is 12.4. The molecule has 0 aromatic heterocycles. The number of halogens is 3. The fourth-order valence-electron chi connectivity index (χ4n) is 2.40. The van der Waals surface area contributed by atoms with Gasteiger partial charge < -0.3 is 15.2 Å². The molecule has 5 nitrogen and oxygen atoms in total. The lowest BCUT2D eigenvalue weighted by Crippen LogP contribution is -2.24. The Bertz CT molecular complexity index is 806. The fourth-order valence-corrected chi connectivity index (χ4v) is 2.40. The molecule has 144 valence electrons. The number of hydrogen-bond donors (Lipinski definition) is 2. The van der Waals surface area contributed by atoms with E-state index in [-0.39, 0.29) is 18.5 Å². The Morgan fingerprint density at radius 3 is 2.52 bits per heavy atom. The molecule has 0 aliphatic carbocycles. The van der Waals surface area contributed by atoms with Gasteiger partial charge in [-0.05, 0) is 35.7 Å². The van der Waals surface area contributed by atoms with E-state index in [0.717, 1.165) is 0 Å². The van der Waals surface area contributed by atoms with Crippen molar-refractivity contribution in [3.05, 3.63) is 65.2 Å². The molecule has 1 amide bonds. The molecule has 0 aliphatic heterocycles. The molecule has 0 radical (unpaired) electrons. The zero-order chi connectivity index (χ0) is 19.9. The predicted octanol–water partition coefficient (Wildman–Crippen LogP) is 3.57. The van der Waals surface area contributed by atoms with Crippen LogP contribution in [0.2, 0.25) is 0 Å². The minimum absolute atomic E-state index is 0.122. The molecule has 2 rings (SSSR count). The van der Waals surface area contributed by atoms with E-state index in [1.165, 1.54) is 12.1 Å². The van der Waals surface area contributed by atoms with Crippen molar-refractivity contribution in [3.63, 3.8) is 0 Å². The molecule has 2 aromatic carbocycles. The van der Waals surface area contributed by atoms with Gasteiger partial charge in [0.15, 0.2) is 6.61 Å². The Morgan fingerprint density at radius 1 is 1.07 bits per heavy atom. The molecule has 0 spiro atoms. The third-order valence-electron chi connectivity index (χ3n) is 3.65. The molecule has 0 aliphatic rings. The number of nitrogens with one attached hydrogen (secondary N) is 1. The smallest absolute Gasteiger partial charge is 0.389 e. The Balaban J connectivity index is 2.00. The van der Waals surface area contributed by atoms with E-state index in [1.807, 2.05) is 0 Å². The van der Waals surface area contributed by atoms with Crippen molar-refractivity contribution in [2.45, 2.75) is 25.6 Å². The number of aliphatic carboxylic acids is 1. The molecule has 0 bridgehead atoms. The van der Waals surface area contributed by atoms with Gasteiger partial charge in [-0.1, -0.05) is 30.3 Å². The molecule has 0 saturated heterocycles. The summed E-state index contributed by atoms with van der Waals surface area (Å²) in [6, 6.07) is 12.7. The molecule has 0 atom stereocenters. The highest BCUT2D eigenvalue weighted by molar-refractivity contribution is 5.95. The minimum atomic E-state index is -4.29. The lowest BCUT2D eigenvalue weighted by atomic mass is 10.0. The second-order valence-electron chi connectivity index (χ2n) is 5.78. The van der Waals surface area contributed by atoms with E-state index in [0.29, 0.717) is 16.9 Å². The largest absolute Gasteiger partial charge is 0.482 e. The van der Waals surface area contributed by atoms with Crippen molar-refractivity contribution in [1.82, 2.24) is 5.32 Å². The number of aryl methyl sites for hydroxylation is 1. The van der Waals surface area contributed by atoms with Crippen molar-refractivity contribution in [2.24, 2.45) is 0 Å². The quantitative estimate of drug-likeness (QED) is 0.733. The number of ether oxygens (including phenoxy) is 1. The number of alkyl halides is 3. The van der Waals surface area contributed by atoms with Crippen LogP contribution in [0.1, 0.15) is 27.9 Å². The average Bonchev–Trinajstić information content (AvgIpc) is 2.63.